The van der Waals surface area contributed by atoms with Crippen molar-refractivity contribution in [2.75, 3.05) is 26.2 Å². The highest BCUT2D eigenvalue weighted by molar-refractivity contribution is 5.78. The van der Waals surface area contributed by atoms with Crippen molar-refractivity contribution in [1.82, 2.24) is 15.5 Å². The molecular weight excluding hydrogens is 318 g/mol. The van der Waals surface area contributed by atoms with Crippen LogP contribution in [0.2, 0.25) is 0 Å². The summed E-state index contributed by atoms with van der Waals surface area (Å²) in [4.78, 5) is 25.5. The lowest BCUT2D eigenvalue weighted by atomic mass is 9.76. The normalized spacial score (nSPS) is 22.8. The van der Waals surface area contributed by atoms with Crippen molar-refractivity contribution in [3.8, 4) is 0 Å². The Morgan fingerprint density at radius 1 is 1.32 bits per heavy atom. The van der Waals surface area contributed by atoms with Gasteiger partial charge in [-0.15, -0.1) is 0 Å². The van der Waals surface area contributed by atoms with Gasteiger partial charge in [-0.05, 0) is 55.8 Å². The smallest absolute Gasteiger partial charge is 0.320 e. The first-order valence-electron chi connectivity index (χ1n) is 8.97. The lowest BCUT2D eigenvalue weighted by Gasteiger charge is -2.38. The largest absolute Gasteiger partial charge is 0.480 e. The number of benzene rings is 1. The standard InChI is InChI=1S/C19H27N3O3/c1-14-4-2-3-5-15(14)11-20-17(23)12-22-8-6-19(7-9-22)10-16(18(24)25)21-13-19/h2-5,16,21H,6-13H2,1H3,(H,20,23)(H,24,25). The van der Waals surface area contributed by atoms with Gasteiger partial charge >= 0.3 is 5.97 Å². The van der Waals surface area contributed by atoms with E-state index in [1.807, 2.05) is 31.2 Å². The molecule has 0 aromatic heterocycles. The molecule has 0 radical (unpaired) electrons. The van der Waals surface area contributed by atoms with E-state index < -0.39 is 12.0 Å². The average molecular weight is 345 g/mol. The molecule has 0 aliphatic carbocycles. The first-order valence-corrected chi connectivity index (χ1v) is 8.97. The zero-order valence-corrected chi connectivity index (χ0v) is 14.8. The molecule has 2 fully saturated rings. The molecule has 1 aromatic carbocycles. The van der Waals surface area contributed by atoms with E-state index in [0.29, 0.717) is 19.5 Å². The third-order valence-corrected chi connectivity index (χ3v) is 5.68. The summed E-state index contributed by atoms with van der Waals surface area (Å²) in [5.74, 6) is -0.706. The minimum Gasteiger partial charge on any atom is -0.480 e. The Kier molecular flexibility index (Phi) is 5.39. The zero-order chi connectivity index (χ0) is 17.9. The van der Waals surface area contributed by atoms with Crippen LogP contribution in [-0.2, 0) is 16.1 Å². The lowest BCUT2D eigenvalue weighted by molar-refractivity contribution is -0.139. The molecule has 1 aromatic rings. The Morgan fingerprint density at radius 3 is 2.68 bits per heavy atom. The maximum absolute atomic E-state index is 12.2. The van der Waals surface area contributed by atoms with Crippen molar-refractivity contribution in [2.45, 2.75) is 38.8 Å². The summed E-state index contributed by atoms with van der Waals surface area (Å²) in [7, 11) is 0. The molecule has 0 bridgehead atoms. The Bertz CT molecular complexity index is 639. The number of carboxylic acids is 1. The fourth-order valence-corrected chi connectivity index (χ4v) is 3.92. The van der Waals surface area contributed by atoms with Crippen LogP contribution in [0.1, 0.15) is 30.4 Å². The third kappa shape index (κ3) is 4.38. The number of nitrogens with zero attached hydrogens (tertiary/aromatic N) is 1. The van der Waals surface area contributed by atoms with E-state index in [1.54, 1.807) is 0 Å². The van der Waals surface area contributed by atoms with E-state index >= 15 is 0 Å². The second-order valence-corrected chi connectivity index (χ2v) is 7.46. The number of rotatable bonds is 5. The third-order valence-electron chi connectivity index (χ3n) is 5.68. The Hall–Kier alpha value is -1.92. The molecule has 25 heavy (non-hydrogen) atoms. The van der Waals surface area contributed by atoms with Gasteiger partial charge in [-0.25, -0.2) is 0 Å². The van der Waals surface area contributed by atoms with E-state index in [1.165, 1.54) is 5.56 Å². The number of piperidine rings is 1. The summed E-state index contributed by atoms with van der Waals surface area (Å²) >= 11 is 0. The van der Waals surface area contributed by atoms with Crippen molar-refractivity contribution in [3.63, 3.8) is 0 Å². The molecule has 3 N–H and O–H groups in total. The fourth-order valence-electron chi connectivity index (χ4n) is 3.92. The van der Waals surface area contributed by atoms with E-state index in [-0.39, 0.29) is 11.3 Å². The first kappa shape index (κ1) is 17.9. The van der Waals surface area contributed by atoms with Crippen LogP contribution < -0.4 is 10.6 Å². The van der Waals surface area contributed by atoms with E-state index in [9.17, 15) is 9.59 Å². The number of aryl methyl sites for hydroxylation is 1. The highest BCUT2D eigenvalue weighted by Crippen LogP contribution is 2.39. The zero-order valence-electron chi connectivity index (χ0n) is 14.8. The summed E-state index contributed by atoms with van der Waals surface area (Å²) in [5, 5.41) is 15.3. The van der Waals surface area contributed by atoms with Crippen molar-refractivity contribution in [2.24, 2.45) is 5.41 Å². The van der Waals surface area contributed by atoms with Crippen LogP contribution in [0.15, 0.2) is 24.3 Å². The number of hydrogen-bond acceptors (Lipinski definition) is 4. The predicted molar refractivity (Wildman–Crippen MR) is 95.2 cm³/mol. The van der Waals surface area contributed by atoms with Gasteiger partial charge in [0.1, 0.15) is 6.04 Å². The van der Waals surface area contributed by atoms with Crippen molar-refractivity contribution < 1.29 is 14.7 Å². The Balaban J connectivity index is 1.42. The number of carboxylic acid groups (broad SMARTS) is 1. The number of aliphatic carboxylic acids is 1. The van der Waals surface area contributed by atoms with Gasteiger partial charge in [-0.2, -0.15) is 0 Å². The van der Waals surface area contributed by atoms with Crippen LogP contribution in [-0.4, -0.2) is 54.1 Å². The van der Waals surface area contributed by atoms with Gasteiger partial charge in [0, 0.05) is 13.1 Å². The number of likely N-dealkylation sites (tertiary alicyclic amines) is 1. The summed E-state index contributed by atoms with van der Waals surface area (Å²) in [6, 6.07) is 7.65. The molecular formula is C19H27N3O3. The van der Waals surface area contributed by atoms with E-state index in [2.05, 4.69) is 15.5 Å². The van der Waals surface area contributed by atoms with Crippen LogP contribution in [0.4, 0.5) is 0 Å². The Labute approximate surface area is 148 Å². The predicted octanol–water partition coefficient (Wildman–Crippen LogP) is 1.14. The highest BCUT2D eigenvalue weighted by atomic mass is 16.4. The van der Waals surface area contributed by atoms with E-state index in [4.69, 9.17) is 5.11 Å². The van der Waals surface area contributed by atoms with Gasteiger partial charge in [-0.3, -0.25) is 14.5 Å². The van der Waals surface area contributed by atoms with Gasteiger partial charge in [0.05, 0.1) is 6.54 Å². The number of amides is 1. The maximum Gasteiger partial charge on any atom is 0.320 e. The van der Waals surface area contributed by atoms with E-state index in [0.717, 1.165) is 38.0 Å². The molecule has 2 saturated heterocycles. The monoisotopic (exact) mass is 345 g/mol. The summed E-state index contributed by atoms with van der Waals surface area (Å²) in [5.41, 5.74) is 2.42. The second-order valence-electron chi connectivity index (χ2n) is 7.46. The van der Waals surface area contributed by atoms with Crippen LogP contribution in [0.5, 0.6) is 0 Å². The fraction of sp³-hybridized carbons (Fsp3) is 0.579. The average Bonchev–Trinajstić information content (AvgIpc) is 3.01. The summed E-state index contributed by atoms with van der Waals surface area (Å²) in [6.45, 7) is 5.51. The van der Waals surface area contributed by atoms with Crippen LogP contribution >= 0.6 is 0 Å². The van der Waals surface area contributed by atoms with Gasteiger partial charge < -0.3 is 15.7 Å². The SMILES string of the molecule is Cc1ccccc1CNC(=O)CN1CCC2(CC1)CNC(C(=O)O)C2. The number of nitrogens with one attached hydrogen (secondary N) is 2. The van der Waals surface area contributed by atoms with Crippen LogP contribution in [0.3, 0.4) is 0 Å². The molecule has 6 nitrogen and oxygen atoms in total. The lowest BCUT2D eigenvalue weighted by Crippen LogP contribution is -2.45. The molecule has 1 spiro atoms. The number of carbonyl (C=O) groups is 2. The molecule has 1 amide bonds. The van der Waals surface area contributed by atoms with Gasteiger partial charge in [0.15, 0.2) is 0 Å². The maximum atomic E-state index is 12.2. The van der Waals surface area contributed by atoms with Crippen LogP contribution in [0, 0.1) is 12.3 Å². The molecule has 2 aliphatic rings. The topological polar surface area (TPSA) is 81.7 Å². The molecule has 0 saturated carbocycles. The van der Waals surface area contributed by atoms with Crippen molar-refractivity contribution in [1.29, 1.82) is 0 Å². The number of carbonyl (C=O) groups excluding carboxylic acids is 1. The molecule has 1 atom stereocenters. The molecule has 2 aliphatic heterocycles. The second kappa shape index (κ2) is 7.54. The summed E-state index contributed by atoms with van der Waals surface area (Å²) < 4.78 is 0. The molecule has 136 valence electrons. The Morgan fingerprint density at radius 2 is 2.04 bits per heavy atom. The van der Waals surface area contributed by atoms with Crippen molar-refractivity contribution in [3.05, 3.63) is 35.4 Å². The van der Waals surface area contributed by atoms with Gasteiger partial charge in [0.2, 0.25) is 5.91 Å². The molecule has 2 heterocycles. The number of hydrogen-bond donors (Lipinski definition) is 3. The summed E-state index contributed by atoms with van der Waals surface area (Å²) in [6.07, 6.45) is 2.61. The quantitative estimate of drug-likeness (QED) is 0.746. The highest BCUT2D eigenvalue weighted by Gasteiger charge is 2.43. The minimum atomic E-state index is -0.755. The molecule has 6 heteroatoms. The van der Waals surface area contributed by atoms with Crippen LogP contribution in [0.25, 0.3) is 0 Å². The first-order chi connectivity index (χ1) is 12.0. The van der Waals surface area contributed by atoms with Gasteiger partial charge in [-0.1, -0.05) is 24.3 Å². The molecule has 3 rings (SSSR count). The molecule has 1 unspecified atom stereocenters. The van der Waals surface area contributed by atoms with Gasteiger partial charge in [0.25, 0.3) is 0 Å². The minimum absolute atomic E-state index is 0.0483. The van der Waals surface area contributed by atoms with Crippen molar-refractivity contribution >= 4 is 11.9 Å².